The normalized spacial score (nSPS) is 11.0. The van der Waals surface area contributed by atoms with E-state index in [0.29, 0.717) is 16.8 Å². The third-order valence-corrected chi connectivity index (χ3v) is 4.24. The number of non-ortho nitro benzene ring substituents is 1. The summed E-state index contributed by atoms with van der Waals surface area (Å²) in [5, 5.41) is 14.6. The van der Waals surface area contributed by atoms with E-state index in [0.717, 1.165) is 11.4 Å². The van der Waals surface area contributed by atoms with Gasteiger partial charge >= 0.3 is 0 Å². The van der Waals surface area contributed by atoms with Crippen LogP contribution >= 0.6 is 0 Å². The number of nitrogens with one attached hydrogen (secondary N) is 1. The van der Waals surface area contributed by atoms with E-state index in [4.69, 9.17) is 0 Å². The lowest BCUT2D eigenvalue weighted by atomic mass is 10.2. The topological polar surface area (TPSA) is 89.5 Å². The zero-order valence-electron chi connectivity index (χ0n) is 15.2. The van der Waals surface area contributed by atoms with Crippen LogP contribution in [-0.4, -0.2) is 21.6 Å². The third-order valence-electron chi connectivity index (χ3n) is 4.24. The second-order valence-electron chi connectivity index (χ2n) is 6.14. The Morgan fingerprint density at radius 3 is 2.39 bits per heavy atom. The van der Waals surface area contributed by atoms with Crippen LogP contribution in [0.5, 0.6) is 0 Å². The minimum Gasteiger partial charge on any atom is -0.318 e. The van der Waals surface area contributed by atoms with Crippen LogP contribution in [0.25, 0.3) is 5.69 Å². The van der Waals surface area contributed by atoms with Crippen LogP contribution in [0.3, 0.4) is 0 Å². The number of rotatable bonds is 5. The van der Waals surface area contributed by atoms with E-state index in [1.54, 1.807) is 25.1 Å². The number of aromatic nitrogens is 1. The van der Waals surface area contributed by atoms with Crippen molar-refractivity contribution in [1.82, 2.24) is 9.99 Å². The van der Waals surface area contributed by atoms with Crippen molar-refractivity contribution >= 4 is 17.8 Å². The Morgan fingerprint density at radius 1 is 1.14 bits per heavy atom. The highest BCUT2D eigenvalue weighted by atomic mass is 19.1. The van der Waals surface area contributed by atoms with E-state index in [-0.39, 0.29) is 17.4 Å². The molecule has 0 saturated carbocycles. The fraction of sp³-hybridized carbons (Fsp3) is 0.100. The summed E-state index contributed by atoms with van der Waals surface area (Å²) in [6.45, 7) is 3.65. The van der Waals surface area contributed by atoms with Gasteiger partial charge in [0, 0.05) is 29.2 Å². The van der Waals surface area contributed by atoms with Crippen LogP contribution in [0.15, 0.2) is 59.7 Å². The molecule has 7 nitrogen and oxygen atoms in total. The summed E-state index contributed by atoms with van der Waals surface area (Å²) >= 11 is 0. The fourth-order valence-electron chi connectivity index (χ4n) is 2.89. The molecule has 0 aliphatic rings. The Kier molecular flexibility index (Phi) is 5.30. The average molecular weight is 380 g/mol. The van der Waals surface area contributed by atoms with E-state index in [1.165, 1.54) is 42.6 Å². The van der Waals surface area contributed by atoms with Crippen LogP contribution < -0.4 is 5.43 Å². The number of nitro benzene ring substituents is 1. The van der Waals surface area contributed by atoms with Crippen molar-refractivity contribution in [3.63, 3.8) is 0 Å². The smallest absolute Gasteiger partial charge is 0.273 e. The summed E-state index contributed by atoms with van der Waals surface area (Å²) in [6, 6.07) is 13.5. The standard InChI is InChI=1S/C20H17FN4O3/c1-13-11-19(14(2)24(13)17-9-5-16(21)6-10-17)20(26)23-22-12-15-3-7-18(8-4-15)25(27)28/h3-12H,1-2H3,(H,23,26)/b22-12+. The molecule has 142 valence electrons. The lowest BCUT2D eigenvalue weighted by Gasteiger charge is -2.09. The quantitative estimate of drug-likeness (QED) is 0.413. The second-order valence-corrected chi connectivity index (χ2v) is 6.14. The van der Waals surface area contributed by atoms with Crippen molar-refractivity contribution in [3.8, 4) is 5.69 Å². The SMILES string of the molecule is Cc1cc(C(=O)N/N=C/c2ccc([N+](=O)[O-])cc2)c(C)n1-c1ccc(F)cc1. The Hall–Kier alpha value is -3.81. The number of halogens is 1. The minimum absolute atomic E-state index is 0.0191. The van der Waals surface area contributed by atoms with Gasteiger partial charge in [-0.15, -0.1) is 0 Å². The number of hydrogen-bond acceptors (Lipinski definition) is 4. The van der Waals surface area contributed by atoms with E-state index < -0.39 is 4.92 Å². The molecule has 0 radical (unpaired) electrons. The van der Waals surface area contributed by atoms with Crippen LogP contribution in [0.2, 0.25) is 0 Å². The maximum atomic E-state index is 13.2. The number of benzene rings is 2. The molecule has 0 unspecified atom stereocenters. The summed E-state index contributed by atoms with van der Waals surface area (Å²) in [6.07, 6.45) is 1.40. The first kappa shape index (κ1) is 19.0. The number of aryl methyl sites for hydroxylation is 1. The highest BCUT2D eigenvalue weighted by molar-refractivity contribution is 5.96. The molecule has 0 atom stereocenters. The van der Waals surface area contributed by atoms with Gasteiger partial charge in [-0.05, 0) is 61.9 Å². The monoisotopic (exact) mass is 380 g/mol. The van der Waals surface area contributed by atoms with Gasteiger partial charge in [-0.2, -0.15) is 5.10 Å². The van der Waals surface area contributed by atoms with Crippen LogP contribution in [-0.2, 0) is 0 Å². The molecule has 0 aliphatic carbocycles. The molecule has 3 rings (SSSR count). The molecule has 0 saturated heterocycles. The van der Waals surface area contributed by atoms with E-state index in [9.17, 15) is 19.3 Å². The zero-order valence-corrected chi connectivity index (χ0v) is 15.2. The average Bonchev–Trinajstić information content (AvgIpc) is 2.97. The highest BCUT2D eigenvalue weighted by Crippen LogP contribution is 2.21. The molecular formula is C20H17FN4O3. The Labute approximate surface area is 160 Å². The first-order valence-electron chi connectivity index (χ1n) is 8.39. The third kappa shape index (κ3) is 3.96. The zero-order chi connectivity index (χ0) is 20.3. The van der Waals surface area contributed by atoms with Crippen molar-refractivity contribution < 1.29 is 14.1 Å². The van der Waals surface area contributed by atoms with Crippen LogP contribution in [0.4, 0.5) is 10.1 Å². The van der Waals surface area contributed by atoms with Gasteiger partial charge in [0.05, 0.1) is 16.7 Å². The molecule has 3 aromatic rings. The maximum absolute atomic E-state index is 13.2. The molecule has 1 aromatic heterocycles. The molecule has 0 fully saturated rings. The van der Waals surface area contributed by atoms with Crippen LogP contribution in [0, 0.1) is 29.8 Å². The molecule has 28 heavy (non-hydrogen) atoms. The molecule has 1 N–H and O–H groups in total. The Bertz CT molecular complexity index is 1050. The number of hydrazone groups is 1. The largest absolute Gasteiger partial charge is 0.318 e. The number of nitrogens with zero attached hydrogens (tertiary/aromatic N) is 3. The van der Waals surface area contributed by atoms with Gasteiger partial charge in [0.2, 0.25) is 0 Å². The van der Waals surface area contributed by atoms with Gasteiger partial charge in [-0.1, -0.05) is 0 Å². The van der Waals surface area contributed by atoms with Crippen molar-refractivity contribution in [1.29, 1.82) is 0 Å². The molecule has 2 aromatic carbocycles. The van der Waals surface area contributed by atoms with E-state index >= 15 is 0 Å². The highest BCUT2D eigenvalue weighted by Gasteiger charge is 2.16. The second kappa shape index (κ2) is 7.83. The summed E-state index contributed by atoms with van der Waals surface area (Å²) < 4.78 is 15.0. The summed E-state index contributed by atoms with van der Waals surface area (Å²) in [7, 11) is 0. The molecule has 0 bridgehead atoms. The van der Waals surface area contributed by atoms with Gasteiger partial charge in [0.1, 0.15) is 5.82 Å². The van der Waals surface area contributed by atoms with Gasteiger partial charge in [-0.3, -0.25) is 14.9 Å². The fourth-order valence-corrected chi connectivity index (χ4v) is 2.89. The molecule has 0 spiro atoms. The number of carbonyl (C=O) groups excluding carboxylic acids is 1. The molecular weight excluding hydrogens is 363 g/mol. The van der Waals surface area contributed by atoms with Crippen molar-refractivity contribution in [2.75, 3.05) is 0 Å². The molecule has 1 amide bonds. The van der Waals surface area contributed by atoms with Crippen molar-refractivity contribution in [2.45, 2.75) is 13.8 Å². The predicted molar refractivity (Wildman–Crippen MR) is 103 cm³/mol. The van der Waals surface area contributed by atoms with Crippen LogP contribution in [0.1, 0.15) is 27.3 Å². The number of hydrogen-bond donors (Lipinski definition) is 1. The van der Waals surface area contributed by atoms with Gasteiger partial charge < -0.3 is 4.57 Å². The number of carbonyl (C=O) groups is 1. The summed E-state index contributed by atoms with van der Waals surface area (Å²) in [5.41, 5.74) is 5.77. The number of amides is 1. The Morgan fingerprint density at radius 2 is 1.79 bits per heavy atom. The first-order chi connectivity index (χ1) is 13.4. The predicted octanol–water partition coefficient (Wildman–Crippen LogP) is 3.91. The molecule has 8 heteroatoms. The summed E-state index contributed by atoms with van der Waals surface area (Å²) in [5.74, 6) is -0.718. The molecule has 1 heterocycles. The minimum atomic E-state index is -0.487. The van der Waals surface area contributed by atoms with Crippen molar-refractivity contribution in [3.05, 3.63) is 93.0 Å². The lowest BCUT2D eigenvalue weighted by Crippen LogP contribution is -2.18. The van der Waals surface area contributed by atoms with Crippen molar-refractivity contribution in [2.24, 2.45) is 5.10 Å². The maximum Gasteiger partial charge on any atom is 0.273 e. The Balaban J connectivity index is 1.75. The van der Waals surface area contributed by atoms with E-state index in [1.807, 2.05) is 11.5 Å². The van der Waals surface area contributed by atoms with Gasteiger partial charge in [0.25, 0.3) is 11.6 Å². The first-order valence-corrected chi connectivity index (χ1v) is 8.39. The molecule has 0 aliphatic heterocycles. The lowest BCUT2D eigenvalue weighted by molar-refractivity contribution is -0.384. The van der Waals surface area contributed by atoms with Gasteiger partial charge in [-0.25, -0.2) is 9.82 Å². The van der Waals surface area contributed by atoms with Gasteiger partial charge in [0.15, 0.2) is 0 Å². The summed E-state index contributed by atoms with van der Waals surface area (Å²) in [4.78, 5) is 22.6. The van der Waals surface area contributed by atoms with E-state index in [2.05, 4.69) is 10.5 Å². The number of nitro groups is 1.